The van der Waals surface area contributed by atoms with Crippen LogP contribution in [-0.2, 0) is 20.8 Å². The van der Waals surface area contributed by atoms with E-state index in [1.165, 1.54) is 11.8 Å². The number of hydrogen-bond donors (Lipinski definition) is 3. The predicted octanol–water partition coefficient (Wildman–Crippen LogP) is 3.54. The zero-order chi connectivity index (χ0) is 22.4. The molecule has 0 saturated heterocycles. The van der Waals surface area contributed by atoms with Gasteiger partial charge < -0.3 is 15.2 Å². The summed E-state index contributed by atoms with van der Waals surface area (Å²) in [6.07, 6.45) is 0.0383. The molecular formula is C22H20ClN3O5. The average Bonchev–Trinajstić information content (AvgIpc) is 3.15. The Bertz CT molecular complexity index is 1110. The van der Waals surface area contributed by atoms with Gasteiger partial charge in [-0.15, -0.1) is 0 Å². The summed E-state index contributed by atoms with van der Waals surface area (Å²) >= 11 is 5.95. The third-order valence-electron chi connectivity index (χ3n) is 4.44. The van der Waals surface area contributed by atoms with Crippen LogP contribution in [0.2, 0.25) is 5.02 Å². The van der Waals surface area contributed by atoms with E-state index in [4.69, 9.17) is 21.4 Å². The second kappa shape index (κ2) is 9.82. The van der Waals surface area contributed by atoms with E-state index in [1.807, 2.05) is 0 Å². The molecule has 31 heavy (non-hydrogen) atoms. The number of carbonyl (C=O) groups excluding carboxylic acids is 2. The third kappa shape index (κ3) is 5.64. The van der Waals surface area contributed by atoms with Crippen LogP contribution < -0.4 is 15.5 Å². The van der Waals surface area contributed by atoms with Gasteiger partial charge in [-0.25, -0.2) is 0 Å². The summed E-state index contributed by atoms with van der Waals surface area (Å²) in [5.41, 5.74) is 4.81. The van der Waals surface area contributed by atoms with Crippen LogP contribution >= 0.6 is 11.6 Å². The number of benzene rings is 2. The molecule has 0 atom stereocenters. The maximum Gasteiger partial charge on any atom is 0.328 e. The largest absolute Gasteiger partial charge is 0.497 e. The number of methoxy groups -OCH3 is 1. The minimum atomic E-state index is -0.970. The Morgan fingerprint density at radius 3 is 2.45 bits per heavy atom. The Morgan fingerprint density at radius 1 is 1.03 bits per heavy atom. The van der Waals surface area contributed by atoms with E-state index in [0.717, 1.165) is 5.56 Å². The number of aromatic nitrogens is 1. The zero-order valence-corrected chi connectivity index (χ0v) is 17.3. The molecule has 0 radical (unpaired) electrons. The Balaban J connectivity index is 1.84. The molecule has 1 aromatic heterocycles. The molecule has 2 aromatic carbocycles. The number of carbonyl (C=O) groups is 3. The van der Waals surface area contributed by atoms with Crippen LogP contribution in [0.4, 0.5) is 5.69 Å². The molecule has 9 heteroatoms. The van der Waals surface area contributed by atoms with Gasteiger partial charge in [0, 0.05) is 34.5 Å². The molecule has 2 amide bonds. The molecule has 3 N–H and O–H groups in total. The first kappa shape index (κ1) is 21.9. The van der Waals surface area contributed by atoms with Gasteiger partial charge in [0.25, 0.3) is 0 Å². The number of rotatable bonds is 7. The predicted molar refractivity (Wildman–Crippen MR) is 117 cm³/mol. The number of halogens is 1. The lowest BCUT2D eigenvalue weighted by atomic mass is 10.2. The summed E-state index contributed by atoms with van der Waals surface area (Å²) < 4.78 is 6.52. The van der Waals surface area contributed by atoms with Crippen molar-refractivity contribution in [2.45, 2.75) is 12.8 Å². The fraction of sp³-hybridized carbons (Fsp3) is 0.136. The number of ether oxygens (including phenoxy) is 1. The van der Waals surface area contributed by atoms with Crippen LogP contribution in [-0.4, -0.2) is 34.7 Å². The maximum atomic E-state index is 12.6. The fourth-order valence-corrected chi connectivity index (χ4v) is 3.05. The molecule has 8 nitrogen and oxygen atoms in total. The molecule has 3 aromatic rings. The highest BCUT2D eigenvalue weighted by atomic mass is 35.5. The third-order valence-corrected chi connectivity index (χ3v) is 4.70. The summed E-state index contributed by atoms with van der Waals surface area (Å²) in [6, 6.07) is 17.0. The number of carboxylic acids is 1. The fourth-order valence-electron chi connectivity index (χ4n) is 2.93. The summed E-state index contributed by atoms with van der Waals surface area (Å²) in [4.78, 5) is 36.0. The highest BCUT2D eigenvalue weighted by Gasteiger charge is 2.19. The monoisotopic (exact) mass is 441 g/mol. The standard InChI is InChI=1S/C22H20ClN3O5/c1-31-18-4-2-3-16(13-18)24-21(29)22(30)25-26-17(10-12-20(27)28)9-11-19(26)14-5-7-15(23)8-6-14/h2-9,11,13H,10,12H2,1H3,(H,24,29)(H,25,30)(H,27,28). The van der Waals surface area contributed by atoms with Crippen molar-refractivity contribution >= 4 is 35.1 Å². The first-order valence-electron chi connectivity index (χ1n) is 9.32. The molecule has 0 aliphatic heterocycles. The van der Waals surface area contributed by atoms with E-state index < -0.39 is 17.8 Å². The van der Waals surface area contributed by atoms with Crippen LogP contribution in [0.25, 0.3) is 11.3 Å². The molecule has 0 unspecified atom stereocenters. The van der Waals surface area contributed by atoms with Crippen molar-refractivity contribution in [1.82, 2.24) is 4.68 Å². The van der Waals surface area contributed by atoms with Crippen LogP contribution in [0.3, 0.4) is 0 Å². The van der Waals surface area contributed by atoms with Gasteiger partial charge in [-0.2, -0.15) is 0 Å². The Labute approximate surface area is 183 Å². The molecule has 160 valence electrons. The average molecular weight is 442 g/mol. The summed E-state index contributed by atoms with van der Waals surface area (Å²) in [5, 5.41) is 12.1. The van der Waals surface area contributed by atoms with E-state index in [1.54, 1.807) is 60.7 Å². The molecule has 0 saturated carbocycles. The number of nitrogens with one attached hydrogen (secondary N) is 2. The molecule has 0 fully saturated rings. The maximum absolute atomic E-state index is 12.6. The molecule has 0 spiro atoms. The highest BCUT2D eigenvalue weighted by molar-refractivity contribution is 6.42. The first-order chi connectivity index (χ1) is 14.9. The summed E-state index contributed by atoms with van der Waals surface area (Å²) in [5.74, 6) is -2.23. The molecule has 1 heterocycles. The molecule has 0 aliphatic carbocycles. The number of aryl methyl sites for hydroxylation is 1. The van der Waals surface area contributed by atoms with Gasteiger partial charge in [-0.05, 0) is 36.4 Å². The highest BCUT2D eigenvalue weighted by Crippen LogP contribution is 2.24. The van der Waals surface area contributed by atoms with Gasteiger partial charge in [-0.1, -0.05) is 29.8 Å². The van der Waals surface area contributed by atoms with Gasteiger partial charge in [0.15, 0.2) is 0 Å². The second-order valence-corrected chi connectivity index (χ2v) is 7.01. The summed E-state index contributed by atoms with van der Waals surface area (Å²) in [6.45, 7) is 0. The van der Waals surface area contributed by atoms with E-state index in [-0.39, 0.29) is 12.8 Å². The van der Waals surface area contributed by atoms with Crippen molar-refractivity contribution in [2.24, 2.45) is 0 Å². The number of aliphatic carboxylic acids is 1. The number of nitrogens with zero attached hydrogens (tertiary/aromatic N) is 1. The van der Waals surface area contributed by atoms with Crippen LogP contribution in [0, 0.1) is 0 Å². The van der Waals surface area contributed by atoms with E-state index in [0.29, 0.717) is 27.8 Å². The number of hydrogen-bond acceptors (Lipinski definition) is 4. The van der Waals surface area contributed by atoms with Crippen molar-refractivity contribution in [1.29, 1.82) is 0 Å². The van der Waals surface area contributed by atoms with Crippen LogP contribution in [0.1, 0.15) is 12.1 Å². The van der Waals surface area contributed by atoms with Crippen LogP contribution in [0.15, 0.2) is 60.7 Å². The van der Waals surface area contributed by atoms with Crippen molar-refractivity contribution < 1.29 is 24.2 Å². The lowest BCUT2D eigenvalue weighted by Gasteiger charge is -2.15. The normalized spacial score (nSPS) is 10.4. The van der Waals surface area contributed by atoms with E-state index in [9.17, 15) is 14.4 Å². The number of anilines is 1. The Kier molecular flexibility index (Phi) is 6.94. The summed E-state index contributed by atoms with van der Waals surface area (Å²) in [7, 11) is 1.50. The number of carboxylic acid groups (broad SMARTS) is 1. The zero-order valence-electron chi connectivity index (χ0n) is 16.6. The van der Waals surface area contributed by atoms with Crippen molar-refractivity contribution in [2.75, 3.05) is 17.9 Å². The van der Waals surface area contributed by atoms with Crippen LogP contribution in [0.5, 0.6) is 5.75 Å². The SMILES string of the molecule is COc1cccc(NC(=O)C(=O)Nn2c(CCC(=O)O)ccc2-c2ccc(Cl)cc2)c1. The van der Waals surface area contributed by atoms with E-state index >= 15 is 0 Å². The molecule has 3 rings (SSSR count). The minimum Gasteiger partial charge on any atom is -0.497 e. The van der Waals surface area contributed by atoms with Gasteiger partial charge in [0.1, 0.15) is 5.75 Å². The molecular weight excluding hydrogens is 422 g/mol. The quantitative estimate of drug-likeness (QED) is 0.486. The smallest absolute Gasteiger partial charge is 0.328 e. The minimum absolute atomic E-state index is 0.129. The lowest BCUT2D eigenvalue weighted by Crippen LogP contribution is -2.35. The topological polar surface area (TPSA) is 110 Å². The van der Waals surface area contributed by atoms with Crippen molar-refractivity contribution in [3.63, 3.8) is 0 Å². The van der Waals surface area contributed by atoms with Gasteiger partial charge in [0.05, 0.1) is 19.2 Å². The molecule has 0 aliphatic rings. The second-order valence-electron chi connectivity index (χ2n) is 6.57. The lowest BCUT2D eigenvalue weighted by molar-refractivity contribution is -0.137. The van der Waals surface area contributed by atoms with Gasteiger partial charge in [0.2, 0.25) is 0 Å². The van der Waals surface area contributed by atoms with Crippen molar-refractivity contribution in [3.05, 3.63) is 71.4 Å². The molecule has 0 bridgehead atoms. The first-order valence-corrected chi connectivity index (χ1v) is 9.70. The van der Waals surface area contributed by atoms with E-state index in [2.05, 4.69) is 10.7 Å². The Morgan fingerprint density at radius 2 is 1.77 bits per heavy atom. The van der Waals surface area contributed by atoms with Gasteiger partial charge >= 0.3 is 17.8 Å². The van der Waals surface area contributed by atoms with Crippen molar-refractivity contribution in [3.8, 4) is 17.0 Å². The van der Waals surface area contributed by atoms with Gasteiger partial charge in [-0.3, -0.25) is 24.5 Å². The Hall–Kier alpha value is -3.78. The number of amides is 2.